The molecule has 1 amide bonds. The molecule has 3 rings (SSSR count). The third kappa shape index (κ3) is 3.07. The van der Waals surface area contributed by atoms with Crippen LogP contribution >= 0.6 is 11.6 Å². The summed E-state index contributed by atoms with van der Waals surface area (Å²) in [6.07, 6.45) is 2.44. The number of nitrogens with zero attached hydrogens (tertiary/aromatic N) is 1. The van der Waals surface area contributed by atoms with Gasteiger partial charge in [-0.25, -0.2) is 4.98 Å². The fourth-order valence-electron chi connectivity index (χ4n) is 2.57. The number of hydrogen-bond acceptors (Lipinski definition) is 3. The van der Waals surface area contributed by atoms with Crippen molar-refractivity contribution in [3.8, 4) is 5.88 Å². The highest BCUT2D eigenvalue weighted by Crippen LogP contribution is 2.30. The van der Waals surface area contributed by atoms with E-state index in [1.807, 2.05) is 31.2 Å². The Kier molecular flexibility index (Phi) is 4.29. The first-order chi connectivity index (χ1) is 10.6. The Balaban J connectivity index is 1.73. The molecule has 5 heteroatoms. The Hall–Kier alpha value is -2.07. The van der Waals surface area contributed by atoms with Crippen molar-refractivity contribution >= 4 is 17.5 Å². The van der Waals surface area contributed by atoms with Crippen LogP contribution in [0, 0.1) is 0 Å². The van der Waals surface area contributed by atoms with Crippen LogP contribution in [0.15, 0.2) is 42.6 Å². The smallest absolute Gasteiger partial charge is 0.227 e. The van der Waals surface area contributed by atoms with E-state index in [0.29, 0.717) is 17.5 Å². The molecule has 0 saturated carbocycles. The molecule has 22 heavy (non-hydrogen) atoms. The summed E-state index contributed by atoms with van der Waals surface area (Å²) < 4.78 is 5.52. The summed E-state index contributed by atoms with van der Waals surface area (Å²) in [6.45, 7) is 2.45. The molecule has 0 fully saturated rings. The van der Waals surface area contributed by atoms with E-state index >= 15 is 0 Å². The zero-order valence-corrected chi connectivity index (χ0v) is 13.0. The minimum atomic E-state index is -0.236. The number of aromatic nitrogens is 1. The maximum absolute atomic E-state index is 12.5. The predicted octanol–water partition coefficient (Wildman–Crippen LogP) is 3.48. The zero-order chi connectivity index (χ0) is 15.5. The van der Waals surface area contributed by atoms with Crippen LogP contribution in [0.2, 0.25) is 5.02 Å². The fraction of sp³-hybridized carbons (Fsp3) is 0.294. The van der Waals surface area contributed by atoms with Gasteiger partial charge in [0.25, 0.3) is 0 Å². The van der Waals surface area contributed by atoms with Gasteiger partial charge in [0.1, 0.15) is 0 Å². The Morgan fingerprint density at radius 2 is 2.14 bits per heavy atom. The van der Waals surface area contributed by atoms with Gasteiger partial charge in [0, 0.05) is 23.2 Å². The topological polar surface area (TPSA) is 51.2 Å². The van der Waals surface area contributed by atoms with Crippen LogP contribution in [0.3, 0.4) is 0 Å². The minimum absolute atomic E-state index is 0.0102. The van der Waals surface area contributed by atoms with Gasteiger partial charge in [0.2, 0.25) is 11.8 Å². The molecule has 0 spiro atoms. The summed E-state index contributed by atoms with van der Waals surface area (Å²) >= 11 is 5.89. The number of halogens is 1. The molecule has 4 nitrogen and oxygen atoms in total. The Bertz CT molecular complexity index is 673. The quantitative estimate of drug-likeness (QED) is 0.943. The van der Waals surface area contributed by atoms with E-state index in [-0.39, 0.29) is 17.9 Å². The second-order valence-corrected chi connectivity index (χ2v) is 5.81. The van der Waals surface area contributed by atoms with Gasteiger partial charge < -0.3 is 10.1 Å². The molecule has 0 saturated heterocycles. The highest BCUT2D eigenvalue weighted by Gasteiger charge is 2.25. The second kappa shape index (κ2) is 6.36. The van der Waals surface area contributed by atoms with Crippen molar-refractivity contribution in [2.24, 2.45) is 0 Å². The molecule has 2 unspecified atom stereocenters. The van der Waals surface area contributed by atoms with Crippen molar-refractivity contribution in [2.45, 2.75) is 25.3 Å². The van der Waals surface area contributed by atoms with Crippen LogP contribution in [0.25, 0.3) is 0 Å². The largest absolute Gasteiger partial charge is 0.477 e. The van der Waals surface area contributed by atoms with Crippen LogP contribution in [0.4, 0.5) is 0 Å². The highest BCUT2D eigenvalue weighted by atomic mass is 35.5. The van der Waals surface area contributed by atoms with Gasteiger partial charge in [-0.15, -0.1) is 0 Å². The molecule has 1 aliphatic heterocycles. The van der Waals surface area contributed by atoms with E-state index < -0.39 is 0 Å². The zero-order valence-electron chi connectivity index (χ0n) is 12.3. The van der Waals surface area contributed by atoms with E-state index in [9.17, 15) is 4.79 Å². The summed E-state index contributed by atoms with van der Waals surface area (Å²) in [6, 6.07) is 11.1. The van der Waals surface area contributed by atoms with Crippen molar-refractivity contribution in [2.75, 3.05) is 6.61 Å². The van der Waals surface area contributed by atoms with E-state index in [0.717, 1.165) is 17.5 Å². The second-order valence-electron chi connectivity index (χ2n) is 5.37. The average molecular weight is 317 g/mol. The lowest BCUT2D eigenvalue weighted by Crippen LogP contribution is -2.34. The fourth-order valence-corrected chi connectivity index (χ4v) is 2.69. The van der Waals surface area contributed by atoms with Crippen molar-refractivity contribution in [1.29, 1.82) is 0 Å². The van der Waals surface area contributed by atoms with Gasteiger partial charge in [-0.2, -0.15) is 0 Å². The molecule has 1 aromatic carbocycles. The molecule has 0 radical (unpaired) electrons. The number of pyridine rings is 1. The van der Waals surface area contributed by atoms with Gasteiger partial charge in [0.15, 0.2) is 0 Å². The monoisotopic (exact) mass is 316 g/mol. The maximum Gasteiger partial charge on any atom is 0.227 e. The number of benzene rings is 1. The maximum atomic E-state index is 12.5. The van der Waals surface area contributed by atoms with Gasteiger partial charge in [-0.3, -0.25) is 4.79 Å². The number of amides is 1. The van der Waals surface area contributed by atoms with Crippen LogP contribution < -0.4 is 10.1 Å². The number of carbonyl (C=O) groups is 1. The molecular formula is C17H17ClN2O2. The molecular weight excluding hydrogens is 300 g/mol. The number of ether oxygens (including phenoxy) is 1. The third-order valence-corrected chi connectivity index (χ3v) is 4.15. The molecule has 2 heterocycles. The molecule has 114 valence electrons. The van der Waals surface area contributed by atoms with Crippen LogP contribution in [-0.2, 0) is 4.79 Å². The summed E-state index contributed by atoms with van der Waals surface area (Å²) in [5.41, 5.74) is 1.88. The summed E-state index contributed by atoms with van der Waals surface area (Å²) in [7, 11) is 0. The number of hydrogen-bond donors (Lipinski definition) is 1. The molecule has 1 aliphatic rings. The summed E-state index contributed by atoms with van der Waals surface area (Å²) in [5.74, 6) is 0.363. The molecule has 0 bridgehead atoms. The van der Waals surface area contributed by atoms with E-state index in [1.165, 1.54) is 0 Å². The SMILES string of the molecule is CC(C(=O)NC1CCOc2ncccc21)c1ccc(Cl)cc1. The first kappa shape index (κ1) is 14.9. The van der Waals surface area contributed by atoms with Gasteiger partial charge in [0.05, 0.1) is 18.6 Å². The Labute approximate surface area is 134 Å². The van der Waals surface area contributed by atoms with Crippen molar-refractivity contribution < 1.29 is 9.53 Å². The van der Waals surface area contributed by atoms with Crippen molar-refractivity contribution in [3.05, 3.63) is 58.7 Å². The van der Waals surface area contributed by atoms with Crippen molar-refractivity contribution in [1.82, 2.24) is 10.3 Å². The number of nitrogens with one attached hydrogen (secondary N) is 1. The minimum Gasteiger partial charge on any atom is -0.477 e. The van der Waals surface area contributed by atoms with E-state index in [1.54, 1.807) is 18.3 Å². The first-order valence-corrected chi connectivity index (χ1v) is 7.66. The average Bonchev–Trinajstić information content (AvgIpc) is 2.55. The van der Waals surface area contributed by atoms with Crippen molar-refractivity contribution in [3.63, 3.8) is 0 Å². The highest BCUT2D eigenvalue weighted by molar-refractivity contribution is 6.30. The predicted molar refractivity (Wildman–Crippen MR) is 85.1 cm³/mol. The van der Waals surface area contributed by atoms with Crippen LogP contribution in [0.5, 0.6) is 5.88 Å². The number of carbonyl (C=O) groups excluding carboxylic acids is 1. The molecule has 0 aliphatic carbocycles. The Morgan fingerprint density at radius 3 is 2.91 bits per heavy atom. The lowest BCUT2D eigenvalue weighted by molar-refractivity contribution is -0.123. The van der Waals surface area contributed by atoms with Crippen LogP contribution in [0.1, 0.15) is 36.4 Å². The lowest BCUT2D eigenvalue weighted by atomic mass is 9.98. The van der Waals surface area contributed by atoms with Gasteiger partial charge in [-0.05, 0) is 30.7 Å². The van der Waals surface area contributed by atoms with Gasteiger partial charge in [-0.1, -0.05) is 29.8 Å². The molecule has 1 N–H and O–H groups in total. The number of fused-ring (bicyclic) bond motifs is 1. The van der Waals surface area contributed by atoms with E-state index in [4.69, 9.17) is 16.3 Å². The normalized spacial score (nSPS) is 18.0. The lowest BCUT2D eigenvalue weighted by Gasteiger charge is -2.26. The summed E-state index contributed by atoms with van der Waals surface area (Å²) in [5, 5.41) is 3.76. The van der Waals surface area contributed by atoms with E-state index in [2.05, 4.69) is 10.3 Å². The van der Waals surface area contributed by atoms with Crippen LogP contribution in [-0.4, -0.2) is 17.5 Å². The standard InChI is InChI=1S/C17H17ClN2O2/c1-11(12-4-6-13(18)7-5-12)16(21)20-15-8-10-22-17-14(15)3-2-9-19-17/h2-7,9,11,15H,8,10H2,1H3,(H,20,21). The first-order valence-electron chi connectivity index (χ1n) is 7.28. The third-order valence-electron chi connectivity index (χ3n) is 3.90. The van der Waals surface area contributed by atoms with Gasteiger partial charge >= 0.3 is 0 Å². The molecule has 1 aromatic heterocycles. The summed E-state index contributed by atoms with van der Waals surface area (Å²) in [4.78, 5) is 16.7. The molecule has 2 aromatic rings. The number of rotatable bonds is 3. The molecule has 2 atom stereocenters. The Morgan fingerprint density at radius 1 is 1.36 bits per heavy atom.